The van der Waals surface area contributed by atoms with Gasteiger partial charge in [0.1, 0.15) is 0 Å². The SMILES string of the molecule is C=CCN1C=CN(C)C1.CC(C)NC(C)C. The molecule has 1 N–H and O–H groups in total. The molecule has 0 radical (unpaired) electrons. The van der Waals surface area contributed by atoms with E-state index in [-0.39, 0.29) is 0 Å². The molecule has 0 aromatic carbocycles. The van der Waals surface area contributed by atoms with Crippen molar-refractivity contribution in [1.82, 2.24) is 15.1 Å². The predicted molar refractivity (Wildman–Crippen MR) is 72.1 cm³/mol. The van der Waals surface area contributed by atoms with Crippen molar-refractivity contribution in [1.29, 1.82) is 0 Å². The highest BCUT2D eigenvalue weighted by Gasteiger charge is 2.04. The van der Waals surface area contributed by atoms with Gasteiger partial charge in [0, 0.05) is 38.1 Å². The smallest absolute Gasteiger partial charge is 0.0894 e. The fourth-order valence-electron chi connectivity index (χ4n) is 1.54. The second-order valence-corrected chi connectivity index (χ2v) is 4.73. The summed E-state index contributed by atoms with van der Waals surface area (Å²) in [6.07, 6.45) is 6.04. The van der Waals surface area contributed by atoms with Crippen LogP contribution in [0.5, 0.6) is 0 Å². The van der Waals surface area contributed by atoms with E-state index < -0.39 is 0 Å². The minimum Gasteiger partial charge on any atom is -0.362 e. The van der Waals surface area contributed by atoms with Gasteiger partial charge in [-0.2, -0.15) is 0 Å². The number of rotatable bonds is 4. The second-order valence-electron chi connectivity index (χ2n) is 4.73. The zero-order chi connectivity index (χ0) is 12.6. The van der Waals surface area contributed by atoms with Gasteiger partial charge in [0.2, 0.25) is 0 Å². The molecule has 0 spiro atoms. The molecule has 0 saturated heterocycles. The molecular weight excluding hydrogens is 198 g/mol. The minimum atomic E-state index is 0.625. The van der Waals surface area contributed by atoms with Crippen molar-refractivity contribution in [3.63, 3.8) is 0 Å². The molecule has 1 heterocycles. The average Bonchev–Trinajstić information content (AvgIpc) is 2.50. The first-order valence-corrected chi connectivity index (χ1v) is 5.95. The molecule has 1 rings (SSSR count). The van der Waals surface area contributed by atoms with E-state index in [0.29, 0.717) is 12.1 Å². The predicted octanol–water partition coefficient (Wildman–Crippen LogP) is 2.24. The molecular formula is C13H27N3. The van der Waals surface area contributed by atoms with Crippen LogP contribution in [-0.4, -0.2) is 42.1 Å². The van der Waals surface area contributed by atoms with Gasteiger partial charge in [0.25, 0.3) is 0 Å². The summed E-state index contributed by atoms with van der Waals surface area (Å²) >= 11 is 0. The highest BCUT2D eigenvalue weighted by atomic mass is 15.3. The molecule has 0 aliphatic carbocycles. The minimum absolute atomic E-state index is 0.625. The molecule has 0 fully saturated rings. The zero-order valence-electron chi connectivity index (χ0n) is 11.4. The molecule has 0 aromatic heterocycles. The average molecular weight is 225 g/mol. The van der Waals surface area contributed by atoms with Crippen LogP contribution >= 0.6 is 0 Å². The number of nitrogens with one attached hydrogen (secondary N) is 1. The summed E-state index contributed by atoms with van der Waals surface area (Å²) in [5.41, 5.74) is 0. The third-order valence-corrected chi connectivity index (χ3v) is 1.97. The van der Waals surface area contributed by atoms with Crippen LogP contribution in [0.2, 0.25) is 0 Å². The number of hydrogen-bond donors (Lipinski definition) is 1. The van der Waals surface area contributed by atoms with E-state index >= 15 is 0 Å². The fraction of sp³-hybridized carbons (Fsp3) is 0.692. The van der Waals surface area contributed by atoms with Crippen LogP contribution in [-0.2, 0) is 0 Å². The molecule has 0 unspecified atom stereocenters. The molecule has 1 aliphatic heterocycles. The third-order valence-electron chi connectivity index (χ3n) is 1.97. The van der Waals surface area contributed by atoms with Gasteiger partial charge in [-0.15, -0.1) is 6.58 Å². The van der Waals surface area contributed by atoms with E-state index in [2.05, 4.69) is 68.8 Å². The molecule has 0 atom stereocenters. The van der Waals surface area contributed by atoms with Crippen LogP contribution in [0, 0.1) is 0 Å². The van der Waals surface area contributed by atoms with Gasteiger partial charge in [0.05, 0.1) is 6.67 Å². The van der Waals surface area contributed by atoms with Crippen molar-refractivity contribution < 1.29 is 0 Å². The monoisotopic (exact) mass is 225 g/mol. The normalized spacial score (nSPS) is 14.4. The number of nitrogens with zero attached hydrogens (tertiary/aromatic N) is 2. The zero-order valence-corrected chi connectivity index (χ0v) is 11.4. The van der Waals surface area contributed by atoms with Crippen LogP contribution in [0.3, 0.4) is 0 Å². The quantitative estimate of drug-likeness (QED) is 0.740. The van der Waals surface area contributed by atoms with Crippen molar-refractivity contribution in [2.24, 2.45) is 0 Å². The summed E-state index contributed by atoms with van der Waals surface area (Å²) in [6.45, 7) is 14.2. The lowest BCUT2D eigenvalue weighted by Gasteiger charge is -2.15. The largest absolute Gasteiger partial charge is 0.362 e. The highest BCUT2D eigenvalue weighted by Crippen LogP contribution is 2.01. The first-order chi connectivity index (χ1) is 7.45. The van der Waals surface area contributed by atoms with Crippen LogP contribution in [0.15, 0.2) is 25.1 Å². The maximum Gasteiger partial charge on any atom is 0.0894 e. The summed E-state index contributed by atoms with van der Waals surface area (Å²) in [5, 5.41) is 3.31. The Kier molecular flexibility index (Phi) is 7.73. The Morgan fingerprint density at radius 1 is 1.25 bits per heavy atom. The van der Waals surface area contributed by atoms with Gasteiger partial charge in [-0.05, 0) is 0 Å². The van der Waals surface area contributed by atoms with Crippen molar-refractivity contribution in [2.45, 2.75) is 39.8 Å². The molecule has 0 aromatic rings. The second kappa shape index (κ2) is 8.22. The summed E-state index contributed by atoms with van der Waals surface area (Å²) < 4.78 is 0. The maximum absolute atomic E-state index is 3.66. The Morgan fingerprint density at radius 3 is 2.06 bits per heavy atom. The fourth-order valence-corrected chi connectivity index (χ4v) is 1.54. The van der Waals surface area contributed by atoms with E-state index in [4.69, 9.17) is 0 Å². The molecule has 0 saturated carbocycles. The van der Waals surface area contributed by atoms with Gasteiger partial charge in [-0.25, -0.2) is 0 Å². The Balaban J connectivity index is 0.000000293. The van der Waals surface area contributed by atoms with Gasteiger partial charge in [-0.1, -0.05) is 33.8 Å². The molecule has 94 valence electrons. The Bertz CT molecular complexity index is 203. The lowest BCUT2D eigenvalue weighted by atomic mass is 10.3. The standard InChI is InChI=1S/C7H12N2.C6H15N/c1-3-4-9-6-5-8(2)7-9;1-5(2)7-6(3)4/h3,5-6H,1,4,7H2,2H3;5-7H,1-4H3. The van der Waals surface area contributed by atoms with Crippen LogP contribution in [0.4, 0.5) is 0 Å². The summed E-state index contributed by atoms with van der Waals surface area (Å²) in [5.74, 6) is 0. The molecule has 0 amide bonds. The van der Waals surface area contributed by atoms with E-state index in [0.717, 1.165) is 13.2 Å². The first-order valence-electron chi connectivity index (χ1n) is 5.95. The maximum atomic E-state index is 3.66. The van der Waals surface area contributed by atoms with E-state index in [1.54, 1.807) is 0 Å². The van der Waals surface area contributed by atoms with E-state index in [1.807, 2.05) is 6.08 Å². The van der Waals surface area contributed by atoms with Crippen molar-refractivity contribution in [2.75, 3.05) is 20.3 Å². The van der Waals surface area contributed by atoms with Crippen molar-refractivity contribution >= 4 is 0 Å². The summed E-state index contributed by atoms with van der Waals surface area (Å²) in [7, 11) is 2.06. The van der Waals surface area contributed by atoms with Gasteiger partial charge >= 0.3 is 0 Å². The van der Waals surface area contributed by atoms with Crippen LogP contribution < -0.4 is 5.32 Å². The molecule has 16 heavy (non-hydrogen) atoms. The Labute approximate surface area is 101 Å². The van der Waals surface area contributed by atoms with Crippen LogP contribution in [0.1, 0.15) is 27.7 Å². The highest BCUT2D eigenvalue weighted by molar-refractivity contribution is 4.91. The van der Waals surface area contributed by atoms with Gasteiger partial charge in [-0.3, -0.25) is 0 Å². The van der Waals surface area contributed by atoms with E-state index in [1.165, 1.54) is 0 Å². The van der Waals surface area contributed by atoms with Crippen molar-refractivity contribution in [3.05, 3.63) is 25.1 Å². The lowest BCUT2D eigenvalue weighted by Crippen LogP contribution is -2.29. The summed E-state index contributed by atoms with van der Waals surface area (Å²) in [6, 6.07) is 1.25. The molecule has 0 bridgehead atoms. The van der Waals surface area contributed by atoms with Gasteiger partial charge < -0.3 is 15.1 Å². The van der Waals surface area contributed by atoms with Crippen molar-refractivity contribution in [3.8, 4) is 0 Å². The molecule has 3 heteroatoms. The number of hydrogen-bond acceptors (Lipinski definition) is 3. The van der Waals surface area contributed by atoms with Crippen LogP contribution in [0.25, 0.3) is 0 Å². The Hall–Kier alpha value is -0.960. The molecule has 1 aliphatic rings. The van der Waals surface area contributed by atoms with Gasteiger partial charge in [0.15, 0.2) is 0 Å². The Morgan fingerprint density at radius 2 is 1.81 bits per heavy atom. The first kappa shape index (κ1) is 15.0. The molecule has 3 nitrogen and oxygen atoms in total. The third kappa shape index (κ3) is 8.36. The topological polar surface area (TPSA) is 18.5 Å². The lowest BCUT2D eigenvalue weighted by molar-refractivity contribution is 0.318. The summed E-state index contributed by atoms with van der Waals surface area (Å²) in [4.78, 5) is 4.32. The van der Waals surface area contributed by atoms with E-state index in [9.17, 15) is 0 Å².